The summed E-state index contributed by atoms with van der Waals surface area (Å²) in [6, 6.07) is 1.79. The van der Waals surface area contributed by atoms with Crippen molar-refractivity contribution >= 4 is 17.8 Å². The Morgan fingerprint density at radius 2 is 1.96 bits per heavy atom. The number of nitrogens with one attached hydrogen (secondary N) is 1. The maximum Gasteiger partial charge on any atom is 0.431 e. The minimum atomic E-state index is -4.93. The lowest BCUT2D eigenvalue weighted by atomic mass is 10.2. The summed E-state index contributed by atoms with van der Waals surface area (Å²) < 4.78 is 52.9. The highest BCUT2D eigenvalue weighted by molar-refractivity contribution is 6.33. The smallest absolute Gasteiger partial charge is 0.399 e. The largest absolute Gasteiger partial charge is 0.431 e. The summed E-state index contributed by atoms with van der Waals surface area (Å²) in [5.41, 5.74) is -5.53. The van der Waals surface area contributed by atoms with Crippen molar-refractivity contribution in [1.29, 1.82) is 0 Å². The molecule has 1 heterocycles. The van der Waals surface area contributed by atoms with Crippen molar-refractivity contribution in [2.24, 2.45) is 5.16 Å². The van der Waals surface area contributed by atoms with E-state index in [9.17, 15) is 27.2 Å². The van der Waals surface area contributed by atoms with Gasteiger partial charge in [-0.2, -0.15) is 13.2 Å². The van der Waals surface area contributed by atoms with Crippen LogP contribution in [0.4, 0.5) is 17.6 Å². The van der Waals surface area contributed by atoms with Gasteiger partial charge in [-0.05, 0) is 19.1 Å². The van der Waals surface area contributed by atoms with E-state index in [1.165, 1.54) is 7.11 Å². The van der Waals surface area contributed by atoms with Crippen LogP contribution in [0.25, 0.3) is 5.69 Å². The Bertz CT molecular complexity index is 964. The second-order valence-electron chi connectivity index (χ2n) is 4.81. The lowest BCUT2D eigenvalue weighted by Crippen LogP contribution is -2.38. The molecule has 0 aliphatic rings. The molecule has 0 atom stereocenters. The van der Waals surface area contributed by atoms with E-state index in [-0.39, 0.29) is 15.2 Å². The van der Waals surface area contributed by atoms with Gasteiger partial charge in [-0.15, -0.1) is 0 Å². The molecule has 0 bridgehead atoms. The molecular formula is C14H10ClF4N3O3. The monoisotopic (exact) mass is 379 g/mol. The third kappa shape index (κ3) is 3.58. The van der Waals surface area contributed by atoms with Gasteiger partial charge in [0, 0.05) is 11.1 Å². The number of hydrogen-bond donors (Lipinski definition) is 1. The fourth-order valence-corrected chi connectivity index (χ4v) is 2.26. The van der Waals surface area contributed by atoms with E-state index in [1.807, 2.05) is 0 Å². The van der Waals surface area contributed by atoms with Gasteiger partial charge in [-0.3, -0.25) is 4.79 Å². The zero-order chi connectivity index (χ0) is 18.9. The van der Waals surface area contributed by atoms with Crippen LogP contribution in [0.5, 0.6) is 0 Å². The standard InChI is InChI=1S/C14H10ClF4N3O3/c1-6-11(14(17,18)19)21-13(24)22(12(6)23)10-3-7(5-20-25-2)8(15)4-9(10)16/h3-5H,1-2H3,(H,21,24). The third-order valence-corrected chi connectivity index (χ3v) is 3.55. The van der Waals surface area contributed by atoms with E-state index in [1.54, 1.807) is 4.98 Å². The highest BCUT2D eigenvalue weighted by Gasteiger charge is 2.36. The highest BCUT2D eigenvalue weighted by atomic mass is 35.5. The molecule has 0 radical (unpaired) electrons. The van der Waals surface area contributed by atoms with Crippen LogP contribution in [0.3, 0.4) is 0 Å². The summed E-state index contributed by atoms with van der Waals surface area (Å²) in [4.78, 5) is 30.2. The van der Waals surface area contributed by atoms with E-state index >= 15 is 0 Å². The normalized spacial score (nSPS) is 12.0. The Hall–Kier alpha value is -2.62. The van der Waals surface area contributed by atoms with Crippen LogP contribution in [0.2, 0.25) is 5.02 Å². The molecule has 0 unspecified atom stereocenters. The Labute approximate surface area is 142 Å². The molecule has 1 aromatic heterocycles. The zero-order valence-electron chi connectivity index (χ0n) is 12.7. The highest BCUT2D eigenvalue weighted by Crippen LogP contribution is 2.28. The van der Waals surface area contributed by atoms with Crippen LogP contribution in [0.15, 0.2) is 26.9 Å². The van der Waals surface area contributed by atoms with Gasteiger partial charge >= 0.3 is 11.9 Å². The van der Waals surface area contributed by atoms with Crippen LogP contribution in [-0.4, -0.2) is 22.9 Å². The third-order valence-electron chi connectivity index (χ3n) is 3.22. The SMILES string of the molecule is CON=Cc1cc(-n2c(=O)[nH]c(C(F)(F)F)c(C)c2=O)c(F)cc1Cl. The van der Waals surface area contributed by atoms with Crippen molar-refractivity contribution in [2.45, 2.75) is 13.1 Å². The minimum absolute atomic E-state index is 0.0868. The summed E-state index contributed by atoms with van der Waals surface area (Å²) in [5, 5.41) is 3.32. The average molecular weight is 380 g/mol. The number of halogens is 5. The first-order valence-electron chi connectivity index (χ1n) is 6.57. The van der Waals surface area contributed by atoms with Crippen LogP contribution >= 0.6 is 11.6 Å². The maximum absolute atomic E-state index is 14.2. The first-order chi connectivity index (χ1) is 11.6. The van der Waals surface area contributed by atoms with Gasteiger partial charge in [-0.1, -0.05) is 16.8 Å². The van der Waals surface area contributed by atoms with Gasteiger partial charge in [0.15, 0.2) is 0 Å². The molecule has 2 rings (SSSR count). The molecule has 0 spiro atoms. The molecule has 2 aromatic rings. The Morgan fingerprint density at radius 1 is 1.32 bits per heavy atom. The number of aromatic amines is 1. The molecule has 6 nitrogen and oxygen atoms in total. The number of alkyl halides is 3. The summed E-state index contributed by atoms with van der Waals surface area (Å²) in [7, 11) is 1.24. The number of nitrogens with zero attached hydrogens (tertiary/aromatic N) is 2. The molecule has 0 amide bonds. The summed E-state index contributed by atoms with van der Waals surface area (Å²) in [6.07, 6.45) is -3.85. The molecule has 0 fully saturated rings. The van der Waals surface area contributed by atoms with Gasteiger partial charge in [0.2, 0.25) is 0 Å². The second kappa shape index (κ2) is 6.71. The Morgan fingerprint density at radius 3 is 2.52 bits per heavy atom. The van der Waals surface area contributed by atoms with E-state index in [2.05, 4.69) is 9.99 Å². The van der Waals surface area contributed by atoms with Gasteiger partial charge < -0.3 is 9.82 Å². The Balaban J connectivity index is 2.80. The van der Waals surface area contributed by atoms with E-state index in [0.717, 1.165) is 25.3 Å². The van der Waals surface area contributed by atoms with Crippen molar-refractivity contribution < 1.29 is 22.4 Å². The summed E-state index contributed by atoms with van der Waals surface area (Å²) in [5.74, 6) is -1.08. The molecule has 0 aliphatic heterocycles. The number of hydrogen-bond acceptors (Lipinski definition) is 4. The molecule has 1 N–H and O–H groups in total. The maximum atomic E-state index is 14.2. The molecule has 134 valence electrons. The van der Waals surface area contributed by atoms with Crippen LogP contribution < -0.4 is 11.2 Å². The Kier molecular flexibility index (Phi) is 5.02. The summed E-state index contributed by atoms with van der Waals surface area (Å²) in [6.45, 7) is 0.874. The van der Waals surface area contributed by atoms with Gasteiger partial charge in [0.25, 0.3) is 5.56 Å². The molecule has 0 saturated heterocycles. The van der Waals surface area contributed by atoms with E-state index in [0.29, 0.717) is 0 Å². The number of oxime groups is 1. The first-order valence-corrected chi connectivity index (χ1v) is 6.94. The lowest BCUT2D eigenvalue weighted by molar-refractivity contribution is -0.142. The fourth-order valence-electron chi connectivity index (χ4n) is 2.06. The van der Waals surface area contributed by atoms with Gasteiger partial charge in [-0.25, -0.2) is 13.8 Å². The lowest BCUT2D eigenvalue weighted by Gasteiger charge is -2.13. The molecular weight excluding hydrogens is 370 g/mol. The number of rotatable bonds is 3. The molecule has 0 saturated carbocycles. The van der Waals surface area contributed by atoms with Crippen molar-refractivity contribution in [3.05, 3.63) is 60.6 Å². The molecule has 1 aromatic carbocycles. The topological polar surface area (TPSA) is 76.5 Å². The predicted octanol–water partition coefficient (Wildman–Crippen LogP) is 2.63. The molecule has 0 aliphatic carbocycles. The average Bonchev–Trinajstić information content (AvgIpc) is 2.50. The van der Waals surface area contributed by atoms with Crippen molar-refractivity contribution in [3.63, 3.8) is 0 Å². The van der Waals surface area contributed by atoms with E-state index < -0.39 is 40.2 Å². The number of benzene rings is 1. The van der Waals surface area contributed by atoms with E-state index in [4.69, 9.17) is 11.6 Å². The quantitative estimate of drug-likeness (QED) is 0.506. The van der Waals surface area contributed by atoms with Crippen LogP contribution in [0, 0.1) is 12.7 Å². The second-order valence-corrected chi connectivity index (χ2v) is 5.22. The van der Waals surface area contributed by atoms with Crippen LogP contribution in [0.1, 0.15) is 16.8 Å². The number of aromatic nitrogens is 2. The van der Waals surface area contributed by atoms with Gasteiger partial charge in [0.1, 0.15) is 18.6 Å². The number of H-pyrrole nitrogens is 1. The molecule has 25 heavy (non-hydrogen) atoms. The fraction of sp³-hybridized carbons (Fsp3) is 0.214. The van der Waals surface area contributed by atoms with Crippen LogP contribution in [-0.2, 0) is 11.0 Å². The zero-order valence-corrected chi connectivity index (χ0v) is 13.5. The van der Waals surface area contributed by atoms with Crippen molar-refractivity contribution in [3.8, 4) is 5.69 Å². The van der Waals surface area contributed by atoms with Crippen molar-refractivity contribution in [1.82, 2.24) is 9.55 Å². The summed E-state index contributed by atoms with van der Waals surface area (Å²) >= 11 is 5.81. The first kappa shape index (κ1) is 18.7. The predicted molar refractivity (Wildman–Crippen MR) is 82.0 cm³/mol. The van der Waals surface area contributed by atoms with Gasteiger partial charge in [0.05, 0.1) is 16.9 Å². The molecule has 11 heteroatoms. The van der Waals surface area contributed by atoms with Crippen molar-refractivity contribution in [2.75, 3.05) is 7.11 Å². The minimum Gasteiger partial charge on any atom is -0.399 e.